The van der Waals surface area contributed by atoms with E-state index in [0.717, 1.165) is 32.4 Å². The number of nitrogens with two attached hydrogens (primary N) is 1. The number of unbranched alkanes of at least 4 members (excludes halogenated alkanes) is 2. The van der Waals surface area contributed by atoms with E-state index in [9.17, 15) is 4.57 Å². The first-order valence-corrected chi connectivity index (χ1v) is 7.01. The third-order valence-electron chi connectivity index (χ3n) is 1.85. The van der Waals surface area contributed by atoms with Crippen molar-refractivity contribution in [3.63, 3.8) is 0 Å². The van der Waals surface area contributed by atoms with Gasteiger partial charge in [-0.3, -0.25) is 4.57 Å². The molecule has 100 valence electrons. The van der Waals surface area contributed by atoms with Crippen LogP contribution in [-0.4, -0.2) is 84.2 Å². The molecular weight excluding hydrogens is 268 g/mol. The molecule has 0 radical (unpaired) electrons. The van der Waals surface area contributed by atoms with Crippen LogP contribution in [0.2, 0.25) is 0 Å². The van der Waals surface area contributed by atoms with E-state index in [2.05, 4.69) is 17.7 Å². The van der Waals surface area contributed by atoms with Crippen LogP contribution in [0.25, 0.3) is 0 Å². The summed E-state index contributed by atoms with van der Waals surface area (Å²) in [6.07, 6.45) is 3.14. The molecule has 1 atom stereocenters. The van der Waals surface area contributed by atoms with Gasteiger partial charge in [0.15, 0.2) is 0 Å². The Kier molecular flexibility index (Phi) is 21.8. The van der Waals surface area contributed by atoms with Crippen molar-refractivity contribution in [1.82, 2.24) is 10.8 Å². The molecule has 0 saturated heterocycles. The minimum absolute atomic E-state index is 0. The van der Waals surface area contributed by atoms with Gasteiger partial charge in [0.1, 0.15) is 0 Å². The first-order chi connectivity index (χ1) is 7.81. The Morgan fingerprint density at radius 1 is 1.24 bits per heavy atom. The topological polar surface area (TPSA) is 85.6 Å². The molecule has 0 aromatic heterocycles. The van der Waals surface area contributed by atoms with Gasteiger partial charge in [0.25, 0.3) is 0 Å². The van der Waals surface area contributed by atoms with Crippen molar-refractivity contribution in [3.8, 4) is 0 Å². The Morgan fingerprint density at radius 3 is 2.65 bits per heavy atom. The second kappa shape index (κ2) is 17.7. The van der Waals surface area contributed by atoms with Gasteiger partial charge in [-0.15, -0.1) is 0 Å². The maximum atomic E-state index is 11.1. The zero-order valence-corrected chi connectivity index (χ0v) is 11.0. The van der Waals surface area contributed by atoms with Gasteiger partial charge in [0.05, 0.1) is 6.61 Å². The summed E-state index contributed by atoms with van der Waals surface area (Å²) in [5, 5.41) is 3.07. The van der Waals surface area contributed by atoms with Crippen LogP contribution in [0.4, 0.5) is 0 Å². The summed E-state index contributed by atoms with van der Waals surface area (Å²) in [6, 6.07) is 0. The Balaban J connectivity index is 0. The molecule has 0 aliphatic heterocycles. The molecule has 0 aliphatic carbocycles. The predicted octanol–water partition coefficient (Wildman–Crippen LogP) is 0.00390. The molecular formula is C9H25KN3O3P. The monoisotopic (exact) mass is 293 g/mol. The van der Waals surface area contributed by atoms with Gasteiger partial charge < -0.3 is 15.6 Å². The van der Waals surface area contributed by atoms with Gasteiger partial charge in [-0.25, -0.2) is 4.62 Å². The molecule has 4 N–H and O–H groups in total. The summed E-state index contributed by atoms with van der Waals surface area (Å²) < 4.78 is 20.9. The molecule has 0 heterocycles. The first kappa shape index (κ1) is 21.0. The van der Waals surface area contributed by atoms with Crippen LogP contribution in [0.1, 0.15) is 26.2 Å². The predicted molar refractivity (Wildman–Crippen MR) is 72.6 cm³/mol. The summed E-state index contributed by atoms with van der Waals surface area (Å²) >= 11 is 0. The number of nitrogens with one attached hydrogen (secondary N) is 2. The molecule has 0 bridgehead atoms. The van der Waals surface area contributed by atoms with Crippen LogP contribution in [0.15, 0.2) is 0 Å². The van der Waals surface area contributed by atoms with E-state index in [1.165, 1.54) is 0 Å². The van der Waals surface area contributed by atoms with Gasteiger partial charge in [-0.05, 0) is 6.42 Å². The zero-order chi connectivity index (χ0) is 12.1. The van der Waals surface area contributed by atoms with Crippen LogP contribution < -0.4 is 16.5 Å². The second-order valence-corrected chi connectivity index (χ2v) is 4.33. The Bertz CT molecular complexity index is 178. The van der Waals surface area contributed by atoms with E-state index >= 15 is 0 Å². The summed E-state index contributed by atoms with van der Waals surface area (Å²) in [4.78, 5) is 0. The Morgan fingerprint density at radius 2 is 2.00 bits per heavy atom. The summed E-state index contributed by atoms with van der Waals surface area (Å²) in [6.45, 7) is 5.29. The standard InChI is InChI=1S/C9H24N3O3P.K.H/c1-2-3-4-9-14-16(13)15-12-8-7-11-6-5-10;;/h11-12,16H,2-10H2,1H3;;. The third kappa shape index (κ3) is 17.7. The van der Waals surface area contributed by atoms with E-state index in [4.69, 9.17) is 14.9 Å². The first-order valence-electron chi connectivity index (χ1n) is 5.78. The fraction of sp³-hybridized carbons (Fsp3) is 1.00. The molecule has 8 heteroatoms. The van der Waals surface area contributed by atoms with Crippen molar-refractivity contribution in [1.29, 1.82) is 0 Å². The van der Waals surface area contributed by atoms with Crippen LogP contribution in [0.5, 0.6) is 0 Å². The number of hydrogen-bond donors (Lipinski definition) is 3. The maximum absolute atomic E-state index is 11.1. The fourth-order valence-corrected chi connectivity index (χ4v) is 1.60. The number of rotatable bonds is 12. The molecule has 0 aliphatic rings. The van der Waals surface area contributed by atoms with Crippen molar-refractivity contribution in [3.05, 3.63) is 0 Å². The SMILES string of the molecule is CCCCCO[PH](=O)ONCCNCCN.[KH]. The van der Waals surface area contributed by atoms with Gasteiger partial charge in [0, 0.05) is 26.2 Å². The zero-order valence-electron chi connectivity index (χ0n) is 9.96. The molecule has 0 fully saturated rings. The molecule has 6 nitrogen and oxygen atoms in total. The van der Waals surface area contributed by atoms with E-state index in [-0.39, 0.29) is 51.4 Å². The Hall–Kier alpha value is 1.67. The fourth-order valence-electron chi connectivity index (χ4n) is 1.01. The van der Waals surface area contributed by atoms with Crippen molar-refractivity contribution >= 4 is 59.6 Å². The number of hydrogen-bond acceptors (Lipinski definition) is 6. The average Bonchev–Trinajstić information content (AvgIpc) is 2.29. The molecule has 0 rings (SSSR count). The van der Waals surface area contributed by atoms with E-state index in [1.807, 2.05) is 0 Å². The summed E-state index contributed by atoms with van der Waals surface area (Å²) in [7, 11) is -2.38. The molecule has 0 saturated carbocycles. The van der Waals surface area contributed by atoms with Crippen molar-refractivity contribution in [2.24, 2.45) is 5.73 Å². The van der Waals surface area contributed by atoms with Crippen LogP contribution in [0.3, 0.4) is 0 Å². The van der Waals surface area contributed by atoms with Crippen molar-refractivity contribution in [2.75, 3.05) is 32.8 Å². The van der Waals surface area contributed by atoms with E-state index < -0.39 is 8.25 Å². The summed E-state index contributed by atoms with van der Waals surface area (Å²) in [5.41, 5.74) is 7.88. The van der Waals surface area contributed by atoms with Crippen LogP contribution in [-0.2, 0) is 13.7 Å². The number of hydroxylamine groups is 1. The van der Waals surface area contributed by atoms with Gasteiger partial charge in [-0.2, -0.15) is 5.48 Å². The van der Waals surface area contributed by atoms with E-state index in [1.54, 1.807) is 0 Å². The average molecular weight is 293 g/mol. The molecule has 0 aromatic carbocycles. The van der Waals surface area contributed by atoms with Crippen LogP contribution >= 0.6 is 8.25 Å². The third-order valence-corrected chi connectivity index (χ3v) is 2.60. The van der Waals surface area contributed by atoms with Crippen molar-refractivity contribution < 1.29 is 13.7 Å². The second-order valence-electron chi connectivity index (χ2n) is 3.34. The molecule has 17 heavy (non-hydrogen) atoms. The molecule has 0 amide bonds. The van der Waals surface area contributed by atoms with Gasteiger partial charge in [-0.1, -0.05) is 19.8 Å². The quantitative estimate of drug-likeness (QED) is 0.203. The van der Waals surface area contributed by atoms with E-state index in [0.29, 0.717) is 19.7 Å². The molecule has 0 aromatic rings. The van der Waals surface area contributed by atoms with Gasteiger partial charge >= 0.3 is 59.6 Å². The minimum atomic E-state index is -2.38. The molecule has 1 unspecified atom stereocenters. The van der Waals surface area contributed by atoms with Crippen LogP contribution in [0, 0.1) is 0 Å². The normalized spacial score (nSPS) is 12.1. The molecule has 0 spiro atoms. The van der Waals surface area contributed by atoms with Crippen molar-refractivity contribution in [2.45, 2.75) is 26.2 Å². The van der Waals surface area contributed by atoms with Gasteiger partial charge in [0.2, 0.25) is 0 Å². The summed E-state index contributed by atoms with van der Waals surface area (Å²) in [5.74, 6) is 0. The Labute approximate surface area is 147 Å².